The number of hydrogen-bond donors (Lipinski definition) is 1. The number of carbonyl (C=O) groups is 1. The number of nitrogens with two attached hydrogens (primary N) is 1. The summed E-state index contributed by atoms with van der Waals surface area (Å²) in [4.78, 5) is 13.5. The smallest absolute Gasteiger partial charge is 0.224 e. The molecule has 0 unspecified atom stereocenters. The van der Waals surface area contributed by atoms with Crippen LogP contribution in [0.1, 0.15) is 6.42 Å². The van der Waals surface area contributed by atoms with Crippen molar-refractivity contribution in [1.29, 1.82) is 0 Å². The highest BCUT2D eigenvalue weighted by Crippen LogP contribution is 2.10. The van der Waals surface area contributed by atoms with Crippen LogP contribution in [0.15, 0.2) is 24.3 Å². The summed E-state index contributed by atoms with van der Waals surface area (Å²) in [6.45, 7) is 2.07. The molecule has 0 saturated carbocycles. The number of hydrogen-bond acceptors (Lipinski definition) is 4. The molecular formula is C14H21FN2O3. The molecule has 0 radical (unpaired) electrons. The molecule has 6 heteroatoms. The Morgan fingerprint density at radius 1 is 1.25 bits per heavy atom. The SMILES string of the molecule is COCCN(CCOc1ccc(F)cc1)C(=O)CCN. The molecule has 0 fully saturated rings. The standard InChI is InChI=1S/C14H21FN2O3/c1-19-10-8-17(14(18)6-7-16)9-11-20-13-4-2-12(15)3-5-13/h2-5H,6-11,16H2,1H3. The highest BCUT2D eigenvalue weighted by molar-refractivity contribution is 5.76. The second-order valence-electron chi connectivity index (χ2n) is 4.21. The first kappa shape index (κ1) is 16.4. The second-order valence-corrected chi connectivity index (χ2v) is 4.21. The molecule has 0 aromatic heterocycles. The lowest BCUT2D eigenvalue weighted by Gasteiger charge is -2.22. The van der Waals surface area contributed by atoms with Crippen molar-refractivity contribution in [2.24, 2.45) is 5.73 Å². The number of nitrogens with zero attached hydrogens (tertiary/aromatic N) is 1. The van der Waals surface area contributed by atoms with Gasteiger partial charge in [-0.05, 0) is 24.3 Å². The van der Waals surface area contributed by atoms with Crippen LogP contribution in [0.25, 0.3) is 0 Å². The van der Waals surface area contributed by atoms with Gasteiger partial charge in [-0.3, -0.25) is 4.79 Å². The van der Waals surface area contributed by atoms with Gasteiger partial charge in [-0.25, -0.2) is 4.39 Å². The summed E-state index contributed by atoms with van der Waals surface area (Å²) in [6, 6.07) is 5.77. The van der Waals surface area contributed by atoms with E-state index in [0.29, 0.717) is 45.0 Å². The van der Waals surface area contributed by atoms with Crippen LogP contribution in [0.3, 0.4) is 0 Å². The lowest BCUT2D eigenvalue weighted by Crippen LogP contribution is -2.37. The van der Waals surface area contributed by atoms with Gasteiger partial charge in [0.1, 0.15) is 18.2 Å². The normalized spacial score (nSPS) is 10.3. The molecule has 1 aromatic rings. The van der Waals surface area contributed by atoms with Crippen molar-refractivity contribution in [2.75, 3.05) is 40.0 Å². The van der Waals surface area contributed by atoms with E-state index in [4.69, 9.17) is 15.2 Å². The molecule has 2 N–H and O–H groups in total. The van der Waals surface area contributed by atoms with Gasteiger partial charge in [-0.1, -0.05) is 0 Å². The number of carbonyl (C=O) groups excluding carboxylic acids is 1. The highest BCUT2D eigenvalue weighted by Gasteiger charge is 2.12. The number of ether oxygens (including phenoxy) is 2. The molecule has 0 spiro atoms. The van der Waals surface area contributed by atoms with Crippen LogP contribution < -0.4 is 10.5 Å². The lowest BCUT2D eigenvalue weighted by molar-refractivity contribution is -0.132. The third kappa shape index (κ3) is 5.99. The van der Waals surface area contributed by atoms with Crippen molar-refractivity contribution in [3.8, 4) is 5.75 Å². The molecule has 0 heterocycles. The zero-order valence-corrected chi connectivity index (χ0v) is 11.7. The minimum atomic E-state index is -0.308. The molecule has 0 aliphatic heterocycles. The van der Waals surface area contributed by atoms with Gasteiger partial charge in [0.05, 0.1) is 13.2 Å². The van der Waals surface area contributed by atoms with Gasteiger partial charge in [-0.15, -0.1) is 0 Å². The first-order chi connectivity index (χ1) is 9.67. The van der Waals surface area contributed by atoms with Crippen LogP contribution in [-0.4, -0.2) is 50.8 Å². The predicted octanol–water partition coefficient (Wildman–Crippen LogP) is 1.03. The van der Waals surface area contributed by atoms with E-state index in [1.54, 1.807) is 24.1 Å². The first-order valence-corrected chi connectivity index (χ1v) is 6.52. The lowest BCUT2D eigenvalue weighted by atomic mass is 10.3. The average Bonchev–Trinajstić information content (AvgIpc) is 2.44. The van der Waals surface area contributed by atoms with Crippen molar-refractivity contribution in [1.82, 2.24) is 4.90 Å². The van der Waals surface area contributed by atoms with Crippen LogP contribution in [0.5, 0.6) is 5.75 Å². The van der Waals surface area contributed by atoms with Gasteiger partial charge in [0.15, 0.2) is 0 Å². The van der Waals surface area contributed by atoms with Crippen molar-refractivity contribution in [2.45, 2.75) is 6.42 Å². The molecule has 1 aromatic carbocycles. The van der Waals surface area contributed by atoms with Gasteiger partial charge in [0, 0.05) is 26.6 Å². The Morgan fingerprint density at radius 2 is 1.90 bits per heavy atom. The molecule has 20 heavy (non-hydrogen) atoms. The third-order valence-electron chi connectivity index (χ3n) is 2.72. The van der Waals surface area contributed by atoms with E-state index in [2.05, 4.69) is 0 Å². The maximum absolute atomic E-state index is 12.7. The molecule has 1 amide bonds. The van der Waals surface area contributed by atoms with Crippen LogP contribution in [0, 0.1) is 5.82 Å². The van der Waals surface area contributed by atoms with Gasteiger partial charge in [0.2, 0.25) is 5.91 Å². The van der Waals surface area contributed by atoms with Crippen LogP contribution in [0.2, 0.25) is 0 Å². The molecule has 0 atom stereocenters. The Morgan fingerprint density at radius 3 is 2.50 bits per heavy atom. The Bertz CT molecular complexity index is 398. The summed E-state index contributed by atoms with van der Waals surface area (Å²) in [7, 11) is 1.58. The first-order valence-electron chi connectivity index (χ1n) is 6.52. The van der Waals surface area contributed by atoms with Crippen molar-refractivity contribution in [3.05, 3.63) is 30.1 Å². The number of rotatable bonds is 9. The molecule has 5 nitrogen and oxygen atoms in total. The Hall–Kier alpha value is -1.66. The zero-order chi connectivity index (χ0) is 14.8. The average molecular weight is 284 g/mol. The number of halogens is 1. The van der Waals surface area contributed by atoms with Crippen molar-refractivity contribution >= 4 is 5.91 Å². The quantitative estimate of drug-likeness (QED) is 0.735. The minimum Gasteiger partial charge on any atom is -0.492 e. The summed E-state index contributed by atoms with van der Waals surface area (Å²) in [5.41, 5.74) is 5.38. The van der Waals surface area contributed by atoms with Crippen LogP contribution in [-0.2, 0) is 9.53 Å². The van der Waals surface area contributed by atoms with Gasteiger partial charge >= 0.3 is 0 Å². The molecule has 0 saturated heterocycles. The maximum Gasteiger partial charge on any atom is 0.224 e. The van der Waals surface area contributed by atoms with Crippen LogP contribution >= 0.6 is 0 Å². The predicted molar refractivity (Wildman–Crippen MR) is 74.0 cm³/mol. The molecule has 0 aliphatic rings. The van der Waals surface area contributed by atoms with E-state index in [1.807, 2.05) is 0 Å². The third-order valence-corrected chi connectivity index (χ3v) is 2.72. The summed E-state index contributed by atoms with van der Waals surface area (Å²) in [6.07, 6.45) is 0.306. The Balaban J connectivity index is 2.40. The zero-order valence-electron chi connectivity index (χ0n) is 11.7. The second kappa shape index (κ2) is 9.28. The van der Waals surface area contributed by atoms with Crippen molar-refractivity contribution < 1.29 is 18.7 Å². The fourth-order valence-electron chi connectivity index (χ4n) is 1.65. The fourth-order valence-corrected chi connectivity index (χ4v) is 1.65. The van der Waals surface area contributed by atoms with E-state index < -0.39 is 0 Å². The number of methoxy groups -OCH3 is 1. The van der Waals surface area contributed by atoms with Crippen molar-refractivity contribution in [3.63, 3.8) is 0 Å². The fraction of sp³-hybridized carbons (Fsp3) is 0.500. The maximum atomic E-state index is 12.7. The van der Waals surface area contributed by atoms with E-state index in [1.165, 1.54) is 12.1 Å². The molecule has 0 bridgehead atoms. The minimum absolute atomic E-state index is 0.0211. The largest absolute Gasteiger partial charge is 0.492 e. The van der Waals surface area contributed by atoms with Gasteiger partial charge < -0.3 is 20.1 Å². The number of amides is 1. The molecular weight excluding hydrogens is 263 g/mol. The van der Waals surface area contributed by atoms with E-state index in [-0.39, 0.29) is 11.7 Å². The van der Waals surface area contributed by atoms with Crippen LogP contribution in [0.4, 0.5) is 4.39 Å². The van der Waals surface area contributed by atoms with Gasteiger partial charge in [0.25, 0.3) is 0 Å². The molecule has 112 valence electrons. The molecule has 0 aliphatic carbocycles. The summed E-state index contributed by atoms with van der Waals surface area (Å²) < 4.78 is 23.2. The van der Waals surface area contributed by atoms with E-state index >= 15 is 0 Å². The van der Waals surface area contributed by atoms with Gasteiger partial charge in [-0.2, -0.15) is 0 Å². The highest BCUT2D eigenvalue weighted by atomic mass is 19.1. The summed E-state index contributed by atoms with van der Waals surface area (Å²) >= 11 is 0. The Kier molecular flexibility index (Phi) is 7.60. The summed E-state index contributed by atoms with van der Waals surface area (Å²) in [5, 5.41) is 0. The topological polar surface area (TPSA) is 64.8 Å². The molecule has 1 rings (SSSR count). The monoisotopic (exact) mass is 284 g/mol. The number of benzene rings is 1. The Labute approximate surface area is 118 Å². The van der Waals surface area contributed by atoms with E-state index in [9.17, 15) is 9.18 Å². The summed E-state index contributed by atoms with van der Waals surface area (Å²) in [5.74, 6) is 0.244. The van der Waals surface area contributed by atoms with E-state index in [0.717, 1.165) is 0 Å².